The van der Waals surface area contributed by atoms with Crippen LogP contribution in [-0.2, 0) is 34.6 Å². The van der Waals surface area contributed by atoms with Gasteiger partial charge in [-0.1, -0.05) is 26.0 Å². The fourth-order valence-corrected chi connectivity index (χ4v) is 5.16. The highest BCUT2D eigenvalue weighted by Crippen LogP contribution is 2.41. The van der Waals surface area contributed by atoms with Gasteiger partial charge in [-0.3, -0.25) is 4.79 Å². The molecule has 0 saturated carbocycles. The van der Waals surface area contributed by atoms with Gasteiger partial charge in [0.1, 0.15) is 0 Å². The third-order valence-electron chi connectivity index (χ3n) is 7.29. The Labute approximate surface area is 214 Å². The summed E-state index contributed by atoms with van der Waals surface area (Å²) in [6.07, 6.45) is 2.02. The Morgan fingerprint density at radius 3 is 2.28 bits per heavy atom. The molecule has 7 nitrogen and oxygen atoms in total. The second-order valence-corrected chi connectivity index (χ2v) is 9.64. The predicted octanol–water partition coefficient (Wildman–Crippen LogP) is 4.94. The zero-order valence-electron chi connectivity index (χ0n) is 22.3. The number of Topliss-reactive ketones (excluding diaryl/α,β-unsaturated/α-hetero) is 1. The van der Waals surface area contributed by atoms with E-state index in [1.165, 1.54) is 0 Å². The Morgan fingerprint density at radius 2 is 1.69 bits per heavy atom. The lowest BCUT2D eigenvalue weighted by molar-refractivity contribution is 0.0921. The number of fused-ring (bicyclic) bond motifs is 1. The van der Waals surface area contributed by atoms with Gasteiger partial charge < -0.3 is 24.3 Å². The maximum atomic E-state index is 13.4. The number of rotatable bonds is 12. The maximum absolute atomic E-state index is 13.4. The van der Waals surface area contributed by atoms with Crippen molar-refractivity contribution in [2.45, 2.75) is 64.3 Å². The van der Waals surface area contributed by atoms with Gasteiger partial charge in [0.25, 0.3) is 0 Å². The quantitative estimate of drug-likeness (QED) is 0.447. The number of ketones is 1. The Kier molecular flexibility index (Phi) is 9.49. The van der Waals surface area contributed by atoms with Crippen molar-refractivity contribution in [3.05, 3.63) is 58.1 Å². The van der Waals surface area contributed by atoms with Gasteiger partial charge in [-0.2, -0.15) is 5.26 Å². The Balaban J connectivity index is 1.78. The highest BCUT2D eigenvalue weighted by atomic mass is 16.5. The van der Waals surface area contributed by atoms with Gasteiger partial charge in [-0.25, -0.2) is 0 Å². The standard InChI is InChI=1S/C29H38N2O5/c1-19(2)29(18-30,23-9-10-26(35-5)27(14-23)36-6)11-7-8-25-28(32)24-13-22(17-34-4)21(16-33-3)12-20(24)15-31-25/h9-10,12-14,19,25,31H,7-8,11,15-17H2,1-6H3. The number of carbonyl (C=O) groups is 1. The molecule has 0 saturated heterocycles. The fourth-order valence-electron chi connectivity index (χ4n) is 5.16. The van der Waals surface area contributed by atoms with E-state index in [0.717, 1.165) is 34.2 Å². The van der Waals surface area contributed by atoms with Crippen LogP contribution in [0.4, 0.5) is 0 Å². The SMILES string of the molecule is COCc1cc2c(cc1COC)C(=O)C(CCCC(C#N)(c1ccc(OC)c(OC)c1)C(C)C)NC2. The zero-order valence-corrected chi connectivity index (χ0v) is 22.3. The zero-order chi connectivity index (χ0) is 26.3. The normalized spacial score (nSPS) is 16.8. The predicted molar refractivity (Wildman–Crippen MR) is 138 cm³/mol. The van der Waals surface area contributed by atoms with Crippen LogP contribution in [-0.4, -0.2) is 40.3 Å². The molecule has 2 atom stereocenters. The van der Waals surface area contributed by atoms with Crippen molar-refractivity contribution in [1.29, 1.82) is 5.26 Å². The fraction of sp³-hybridized carbons (Fsp3) is 0.517. The van der Waals surface area contributed by atoms with Gasteiger partial charge in [0, 0.05) is 26.3 Å². The van der Waals surface area contributed by atoms with E-state index in [-0.39, 0.29) is 17.7 Å². The van der Waals surface area contributed by atoms with E-state index in [0.29, 0.717) is 44.1 Å². The van der Waals surface area contributed by atoms with Crippen LogP contribution >= 0.6 is 0 Å². The lowest BCUT2D eigenvalue weighted by Gasteiger charge is -2.33. The summed E-state index contributed by atoms with van der Waals surface area (Å²) in [4.78, 5) is 13.4. The van der Waals surface area contributed by atoms with Crippen LogP contribution in [0.3, 0.4) is 0 Å². The number of nitrogens with one attached hydrogen (secondary N) is 1. The summed E-state index contributed by atoms with van der Waals surface area (Å²) in [7, 11) is 6.51. The third kappa shape index (κ3) is 5.57. The molecule has 1 heterocycles. The van der Waals surface area contributed by atoms with Gasteiger partial charge in [-0.15, -0.1) is 0 Å². The van der Waals surface area contributed by atoms with Gasteiger partial charge in [-0.05, 0) is 65.6 Å². The molecule has 0 bridgehead atoms. The van der Waals surface area contributed by atoms with Gasteiger partial charge in [0.05, 0.1) is 45.0 Å². The number of nitriles is 1. The average Bonchev–Trinajstić information content (AvgIpc) is 2.88. The highest BCUT2D eigenvalue weighted by Gasteiger charge is 2.37. The van der Waals surface area contributed by atoms with Crippen molar-refractivity contribution in [2.24, 2.45) is 5.92 Å². The van der Waals surface area contributed by atoms with Crippen molar-refractivity contribution < 1.29 is 23.7 Å². The van der Waals surface area contributed by atoms with Gasteiger partial charge >= 0.3 is 0 Å². The number of carbonyl (C=O) groups excluding carboxylic acids is 1. The summed E-state index contributed by atoms with van der Waals surface area (Å²) in [6, 6.07) is 12.0. The van der Waals surface area contributed by atoms with E-state index < -0.39 is 5.41 Å². The molecule has 1 N–H and O–H groups in total. The number of hydrogen-bond acceptors (Lipinski definition) is 7. The molecule has 0 amide bonds. The summed E-state index contributed by atoms with van der Waals surface area (Å²) < 4.78 is 21.5. The molecule has 2 aromatic carbocycles. The minimum absolute atomic E-state index is 0.0761. The summed E-state index contributed by atoms with van der Waals surface area (Å²) in [5.74, 6) is 1.41. The largest absolute Gasteiger partial charge is 0.493 e. The first-order valence-electron chi connectivity index (χ1n) is 12.4. The van der Waals surface area contributed by atoms with Crippen molar-refractivity contribution in [1.82, 2.24) is 5.32 Å². The molecule has 0 aromatic heterocycles. The van der Waals surface area contributed by atoms with Crippen LogP contribution in [0.5, 0.6) is 11.5 Å². The Morgan fingerprint density at radius 1 is 1.03 bits per heavy atom. The number of methoxy groups -OCH3 is 4. The van der Waals surface area contributed by atoms with Crippen LogP contribution in [0.1, 0.15) is 65.7 Å². The topological polar surface area (TPSA) is 89.8 Å². The second kappa shape index (κ2) is 12.4. The van der Waals surface area contributed by atoms with Crippen LogP contribution in [0.15, 0.2) is 30.3 Å². The van der Waals surface area contributed by atoms with E-state index in [1.807, 2.05) is 30.3 Å². The van der Waals surface area contributed by atoms with E-state index in [9.17, 15) is 10.1 Å². The molecule has 2 unspecified atom stereocenters. The monoisotopic (exact) mass is 494 g/mol. The molecular weight excluding hydrogens is 456 g/mol. The molecule has 36 heavy (non-hydrogen) atoms. The van der Waals surface area contributed by atoms with Gasteiger partial charge in [0.2, 0.25) is 0 Å². The lowest BCUT2D eigenvalue weighted by Crippen LogP contribution is -2.42. The minimum atomic E-state index is -0.699. The molecule has 194 valence electrons. The highest BCUT2D eigenvalue weighted by molar-refractivity contribution is 6.02. The summed E-state index contributed by atoms with van der Waals surface area (Å²) >= 11 is 0. The number of hydrogen-bond donors (Lipinski definition) is 1. The molecule has 0 spiro atoms. The number of nitrogens with zero attached hydrogens (tertiary/aromatic N) is 1. The summed E-state index contributed by atoms with van der Waals surface area (Å²) in [6.45, 7) is 5.66. The maximum Gasteiger partial charge on any atom is 0.180 e. The smallest absolute Gasteiger partial charge is 0.180 e. The first kappa shape index (κ1) is 27.7. The molecule has 7 heteroatoms. The van der Waals surface area contributed by atoms with Crippen molar-refractivity contribution in [3.8, 4) is 17.6 Å². The van der Waals surface area contributed by atoms with Crippen molar-refractivity contribution >= 4 is 5.78 Å². The summed E-state index contributed by atoms with van der Waals surface area (Å²) in [5.41, 5.74) is 3.96. The molecule has 1 aliphatic heterocycles. The van der Waals surface area contributed by atoms with Crippen molar-refractivity contribution in [3.63, 3.8) is 0 Å². The molecule has 0 aliphatic carbocycles. The summed E-state index contributed by atoms with van der Waals surface area (Å²) in [5, 5.41) is 13.7. The van der Waals surface area contributed by atoms with E-state index in [2.05, 4.69) is 25.2 Å². The molecule has 2 aromatic rings. The van der Waals surface area contributed by atoms with Crippen LogP contribution in [0, 0.1) is 17.2 Å². The lowest BCUT2D eigenvalue weighted by atomic mass is 9.69. The second-order valence-electron chi connectivity index (χ2n) is 9.64. The molecule has 0 radical (unpaired) electrons. The van der Waals surface area contributed by atoms with E-state index in [4.69, 9.17) is 18.9 Å². The molecule has 1 aliphatic rings. The first-order valence-corrected chi connectivity index (χ1v) is 12.4. The third-order valence-corrected chi connectivity index (χ3v) is 7.29. The number of ether oxygens (including phenoxy) is 4. The molecular formula is C29H38N2O5. The Bertz CT molecular complexity index is 1110. The van der Waals surface area contributed by atoms with Crippen molar-refractivity contribution in [2.75, 3.05) is 28.4 Å². The van der Waals surface area contributed by atoms with Gasteiger partial charge in [0.15, 0.2) is 17.3 Å². The van der Waals surface area contributed by atoms with E-state index in [1.54, 1.807) is 28.4 Å². The van der Waals surface area contributed by atoms with Crippen LogP contribution in [0.25, 0.3) is 0 Å². The number of benzene rings is 2. The average molecular weight is 495 g/mol. The Hall–Kier alpha value is -2.92. The van der Waals surface area contributed by atoms with Crippen LogP contribution in [0.2, 0.25) is 0 Å². The molecule has 0 fully saturated rings. The first-order chi connectivity index (χ1) is 17.3. The van der Waals surface area contributed by atoms with Crippen LogP contribution < -0.4 is 14.8 Å². The van der Waals surface area contributed by atoms with E-state index >= 15 is 0 Å². The minimum Gasteiger partial charge on any atom is -0.493 e. The molecule has 3 rings (SSSR count).